The van der Waals surface area contributed by atoms with Gasteiger partial charge < -0.3 is 14.2 Å². The Morgan fingerprint density at radius 3 is 2.12 bits per heavy atom. The molecule has 2 rings (SSSR count). The first kappa shape index (κ1) is 26.1. The largest absolute Gasteiger partial charge is 0.458 e. The minimum atomic E-state index is -1.13. The molecular weight excluding hydrogens is 408 g/mol. The van der Waals surface area contributed by atoms with E-state index in [1.807, 2.05) is 6.92 Å². The second kappa shape index (κ2) is 10.7. The van der Waals surface area contributed by atoms with Gasteiger partial charge in [0.1, 0.15) is 6.10 Å². The maximum Gasteiger partial charge on any atom is 0.303 e. The summed E-state index contributed by atoms with van der Waals surface area (Å²) >= 11 is 0. The molecule has 2 aliphatic carbocycles. The minimum Gasteiger partial charge on any atom is -0.458 e. The molecule has 6 heteroatoms. The van der Waals surface area contributed by atoms with Gasteiger partial charge in [0.05, 0.1) is 0 Å². The van der Waals surface area contributed by atoms with Crippen molar-refractivity contribution >= 4 is 17.9 Å². The van der Waals surface area contributed by atoms with Crippen molar-refractivity contribution in [3.05, 3.63) is 23.3 Å². The quantitative estimate of drug-likeness (QED) is 0.336. The molecule has 6 atom stereocenters. The lowest BCUT2D eigenvalue weighted by Gasteiger charge is -2.55. The highest BCUT2D eigenvalue weighted by atomic mass is 16.6. The van der Waals surface area contributed by atoms with E-state index in [1.165, 1.54) is 31.9 Å². The molecule has 0 aromatic heterocycles. The molecule has 0 aromatic rings. The van der Waals surface area contributed by atoms with Crippen molar-refractivity contribution in [3.63, 3.8) is 0 Å². The zero-order chi connectivity index (χ0) is 24.2. The first-order valence-electron chi connectivity index (χ1n) is 11.7. The molecule has 0 heterocycles. The fourth-order valence-corrected chi connectivity index (χ4v) is 5.72. The van der Waals surface area contributed by atoms with E-state index in [9.17, 15) is 14.4 Å². The van der Waals surface area contributed by atoms with Gasteiger partial charge in [0.2, 0.25) is 0 Å². The van der Waals surface area contributed by atoms with E-state index in [0.717, 1.165) is 25.7 Å². The maximum atomic E-state index is 12.3. The van der Waals surface area contributed by atoms with Crippen LogP contribution >= 0.6 is 0 Å². The summed E-state index contributed by atoms with van der Waals surface area (Å²) in [6.45, 7) is 14.4. The Labute approximate surface area is 192 Å². The van der Waals surface area contributed by atoms with Gasteiger partial charge >= 0.3 is 17.9 Å². The van der Waals surface area contributed by atoms with E-state index in [1.54, 1.807) is 0 Å². The number of allylic oxidation sites excluding steroid dienone is 4. The number of carbonyl (C=O) groups is 3. The van der Waals surface area contributed by atoms with Gasteiger partial charge in [-0.2, -0.15) is 0 Å². The predicted molar refractivity (Wildman–Crippen MR) is 123 cm³/mol. The van der Waals surface area contributed by atoms with Crippen molar-refractivity contribution in [1.82, 2.24) is 0 Å². The molecule has 0 bridgehead atoms. The van der Waals surface area contributed by atoms with Gasteiger partial charge in [0, 0.05) is 32.6 Å². The topological polar surface area (TPSA) is 78.9 Å². The van der Waals surface area contributed by atoms with Gasteiger partial charge in [-0.25, -0.2) is 0 Å². The average molecular weight is 449 g/mol. The first-order chi connectivity index (χ1) is 14.9. The zero-order valence-electron chi connectivity index (χ0n) is 20.9. The highest BCUT2D eigenvalue weighted by Crippen LogP contribution is 2.52. The lowest BCUT2D eigenvalue weighted by Crippen LogP contribution is -2.66. The molecule has 2 aliphatic rings. The smallest absolute Gasteiger partial charge is 0.303 e. The highest BCUT2D eigenvalue weighted by Gasteiger charge is 2.61. The van der Waals surface area contributed by atoms with Crippen LogP contribution in [0.3, 0.4) is 0 Å². The summed E-state index contributed by atoms with van der Waals surface area (Å²) in [5.41, 5.74) is 1.43. The summed E-state index contributed by atoms with van der Waals surface area (Å²) in [7, 11) is 0. The number of ether oxygens (including phenoxy) is 3. The third kappa shape index (κ3) is 6.02. The maximum absolute atomic E-state index is 12.3. The van der Waals surface area contributed by atoms with E-state index in [0.29, 0.717) is 0 Å². The lowest BCUT2D eigenvalue weighted by molar-refractivity contribution is -0.244. The Kier molecular flexibility index (Phi) is 8.72. The van der Waals surface area contributed by atoms with Crippen LogP contribution in [0.4, 0.5) is 0 Å². The monoisotopic (exact) mass is 448 g/mol. The molecule has 0 spiro atoms. The second-order valence-corrected chi connectivity index (χ2v) is 10.0. The van der Waals surface area contributed by atoms with E-state index < -0.39 is 35.7 Å². The summed E-state index contributed by atoms with van der Waals surface area (Å²) in [6.07, 6.45) is 6.52. The van der Waals surface area contributed by atoms with Crippen LogP contribution in [-0.4, -0.2) is 35.7 Å². The van der Waals surface area contributed by atoms with Crippen molar-refractivity contribution in [1.29, 1.82) is 0 Å². The van der Waals surface area contributed by atoms with Gasteiger partial charge in [-0.1, -0.05) is 37.1 Å². The van der Waals surface area contributed by atoms with Gasteiger partial charge in [-0.05, 0) is 58.3 Å². The molecule has 180 valence electrons. The van der Waals surface area contributed by atoms with Crippen LogP contribution in [0.2, 0.25) is 0 Å². The van der Waals surface area contributed by atoms with Crippen LogP contribution in [-0.2, 0) is 28.6 Å². The Bertz CT molecular complexity index is 779. The van der Waals surface area contributed by atoms with E-state index in [4.69, 9.17) is 14.2 Å². The van der Waals surface area contributed by atoms with Crippen LogP contribution in [0.1, 0.15) is 81.1 Å². The van der Waals surface area contributed by atoms with Crippen LogP contribution in [0.5, 0.6) is 0 Å². The van der Waals surface area contributed by atoms with Gasteiger partial charge in [0.25, 0.3) is 0 Å². The second-order valence-electron chi connectivity index (χ2n) is 10.0. The molecular formula is C26H40O6. The van der Waals surface area contributed by atoms with Crippen LogP contribution in [0.25, 0.3) is 0 Å². The minimum absolute atomic E-state index is 0.00130. The van der Waals surface area contributed by atoms with E-state index >= 15 is 0 Å². The highest BCUT2D eigenvalue weighted by molar-refractivity contribution is 5.69. The number of hydrogen-bond acceptors (Lipinski definition) is 6. The lowest BCUT2D eigenvalue weighted by atomic mass is 9.57. The molecule has 0 N–H and O–H groups in total. The Morgan fingerprint density at radius 2 is 1.59 bits per heavy atom. The van der Waals surface area contributed by atoms with Crippen molar-refractivity contribution in [3.8, 4) is 0 Å². The van der Waals surface area contributed by atoms with Crippen molar-refractivity contribution in [2.75, 3.05) is 0 Å². The third-order valence-corrected chi connectivity index (χ3v) is 6.97. The van der Waals surface area contributed by atoms with Crippen LogP contribution in [0.15, 0.2) is 23.3 Å². The number of carbonyl (C=O) groups excluding carboxylic acids is 3. The van der Waals surface area contributed by atoms with Crippen molar-refractivity contribution in [2.24, 2.45) is 23.7 Å². The van der Waals surface area contributed by atoms with Gasteiger partial charge in [0.15, 0.2) is 11.7 Å². The van der Waals surface area contributed by atoms with Crippen LogP contribution < -0.4 is 0 Å². The standard InChI is InChI=1S/C26H40O6/c1-15(2)23-21-14-17(4)11-9-10-16(3)12-13-22(21)26(8,32-20(7)29)25(31-19(6)28)24(23)30-18(5)27/h10,14-15,21-25H,9,11-13H2,1-8H3/b16-10+,17-14-/t21-,22+,23+,24-,25+,26-/m0/s1. The number of hydrogen-bond donors (Lipinski definition) is 0. The molecule has 0 saturated heterocycles. The molecule has 0 aromatic carbocycles. The van der Waals surface area contributed by atoms with Gasteiger partial charge in [-0.15, -0.1) is 0 Å². The molecule has 0 unspecified atom stereocenters. The van der Waals surface area contributed by atoms with E-state index in [2.05, 4.69) is 39.8 Å². The molecule has 0 aliphatic heterocycles. The van der Waals surface area contributed by atoms with Crippen LogP contribution in [0, 0.1) is 23.7 Å². The predicted octanol–water partition coefficient (Wildman–Crippen LogP) is 5.16. The number of esters is 3. The Hall–Kier alpha value is -2.11. The Morgan fingerprint density at radius 1 is 0.969 bits per heavy atom. The average Bonchev–Trinajstić information content (AvgIpc) is 2.62. The zero-order valence-corrected chi connectivity index (χ0v) is 20.9. The first-order valence-corrected chi connectivity index (χ1v) is 11.7. The summed E-state index contributed by atoms with van der Waals surface area (Å²) in [4.78, 5) is 36.6. The van der Waals surface area contributed by atoms with Crippen molar-refractivity contribution < 1.29 is 28.6 Å². The fourth-order valence-electron chi connectivity index (χ4n) is 5.72. The summed E-state index contributed by atoms with van der Waals surface area (Å²) in [6, 6.07) is 0. The van der Waals surface area contributed by atoms with E-state index in [-0.39, 0.29) is 23.7 Å². The summed E-state index contributed by atoms with van der Waals surface area (Å²) in [5, 5.41) is 0. The number of rotatable bonds is 4. The normalized spacial score (nSPS) is 36.6. The van der Waals surface area contributed by atoms with Crippen molar-refractivity contribution in [2.45, 2.75) is 98.9 Å². The molecule has 1 saturated carbocycles. The third-order valence-electron chi connectivity index (χ3n) is 6.97. The molecule has 1 fully saturated rings. The molecule has 0 radical (unpaired) electrons. The molecule has 6 nitrogen and oxygen atoms in total. The Balaban J connectivity index is 2.76. The summed E-state index contributed by atoms with van der Waals surface area (Å²) < 4.78 is 17.6. The molecule has 0 amide bonds. The fraction of sp³-hybridized carbons (Fsp3) is 0.731. The summed E-state index contributed by atoms with van der Waals surface area (Å²) in [5.74, 6) is -1.42. The van der Waals surface area contributed by atoms with Gasteiger partial charge in [-0.3, -0.25) is 14.4 Å². The SMILES string of the molecule is CC(=O)O[C@H]1[C@H](C(C)C)[C@H]2/C=C(/C)CC/C=C(\C)CC[C@H]2[C@](C)(OC(C)=O)[C@@H]1OC(C)=O. The molecule has 32 heavy (non-hydrogen) atoms. The number of fused-ring (bicyclic) bond motifs is 1.